The molecule has 0 spiro atoms. The number of rotatable bonds is 5. The molecule has 0 saturated heterocycles. The first-order valence-electron chi connectivity index (χ1n) is 6.25. The molecule has 10 heteroatoms. The molecule has 1 rings (SSSR count). The lowest BCUT2D eigenvalue weighted by Gasteiger charge is -2.15. The number of aryl methyl sites for hydroxylation is 1. The summed E-state index contributed by atoms with van der Waals surface area (Å²) in [6.45, 7) is 3.42. The Kier molecular flexibility index (Phi) is 5.73. The van der Waals surface area contributed by atoms with Gasteiger partial charge in [0.05, 0.1) is 0 Å². The molecule has 0 bridgehead atoms. The van der Waals surface area contributed by atoms with Crippen LogP contribution in [0.1, 0.15) is 32.1 Å². The largest absolute Gasteiger partial charge is 0.341 e. The van der Waals surface area contributed by atoms with Gasteiger partial charge < -0.3 is 9.88 Å². The first-order chi connectivity index (χ1) is 9.70. The standard InChI is InChI=1S/C11H17ClN4O4S/c1-4-5-8-14-9(21(12,19)20)6-16(8)7(2)10(17)15-11(18)13-3/h6-7H,4-5H2,1-3H3,(H2,13,15,17,18). The average molecular weight is 337 g/mol. The number of nitrogens with one attached hydrogen (secondary N) is 2. The Bertz CT molecular complexity index is 641. The summed E-state index contributed by atoms with van der Waals surface area (Å²) in [4.78, 5) is 27.0. The van der Waals surface area contributed by atoms with Crippen LogP contribution in [0, 0.1) is 0 Å². The van der Waals surface area contributed by atoms with Crippen LogP contribution in [0.4, 0.5) is 4.79 Å². The molecule has 21 heavy (non-hydrogen) atoms. The second kappa shape index (κ2) is 6.90. The summed E-state index contributed by atoms with van der Waals surface area (Å²) < 4.78 is 24.1. The molecule has 1 unspecified atom stereocenters. The van der Waals surface area contributed by atoms with Crippen molar-refractivity contribution in [2.75, 3.05) is 7.05 Å². The van der Waals surface area contributed by atoms with Crippen molar-refractivity contribution in [3.63, 3.8) is 0 Å². The highest BCUT2D eigenvalue weighted by molar-refractivity contribution is 8.13. The van der Waals surface area contributed by atoms with Crippen molar-refractivity contribution >= 4 is 31.7 Å². The number of hydrogen-bond acceptors (Lipinski definition) is 5. The number of hydrogen-bond donors (Lipinski definition) is 2. The molecule has 1 atom stereocenters. The molecule has 1 aromatic heterocycles. The summed E-state index contributed by atoms with van der Waals surface area (Å²) in [5.41, 5.74) is 0. The Morgan fingerprint density at radius 3 is 2.57 bits per heavy atom. The first kappa shape index (κ1) is 17.4. The van der Waals surface area contributed by atoms with Gasteiger partial charge in [0, 0.05) is 30.3 Å². The fraction of sp³-hybridized carbons (Fsp3) is 0.545. The van der Waals surface area contributed by atoms with Crippen LogP contribution in [0.5, 0.6) is 0 Å². The van der Waals surface area contributed by atoms with Gasteiger partial charge in [-0.15, -0.1) is 0 Å². The number of carbonyl (C=O) groups excluding carboxylic acids is 2. The van der Waals surface area contributed by atoms with Gasteiger partial charge in [0.25, 0.3) is 15.0 Å². The summed E-state index contributed by atoms with van der Waals surface area (Å²) in [7, 11) is 2.67. The number of imide groups is 1. The number of imidazole rings is 1. The third-order valence-corrected chi connectivity index (χ3v) is 3.94. The maximum atomic E-state index is 11.9. The molecule has 0 radical (unpaired) electrons. The van der Waals surface area contributed by atoms with Gasteiger partial charge in [-0.3, -0.25) is 10.1 Å². The van der Waals surface area contributed by atoms with E-state index in [0.29, 0.717) is 18.7 Å². The van der Waals surface area contributed by atoms with E-state index >= 15 is 0 Å². The highest BCUT2D eigenvalue weighted by atomic mass is 35.7. The molecule has 0 fully saturated rings. The fourth-order valence-corrected chi connectivity index (χ4v) is 2.35. The zero-order valence-corrected chi connectivity index (χ0v) is 13.5. The Hall–Kier alpha value is -1.61. The van der Waals surface area contributed by atoms with Crippen molar-refractivity contribution in [3.8, 4) is 0 Å². The molecule has 0 aromatic carbocycles. The van der Waals surface area contributed by atoms with E-state index in [0.717, 1.165) is 0 Å². The third kappa shape index (κ3) is 4.43. The summed E-state index contributed by atoms with van der Waals surface area (Å²) in [5.74, 6) is -0.168. The molecule has 0 saturated carbocycles. The van der Waals surface area contributed by atoms with Crippen molar-refractivity contribution in [3.05, 3.63) is 12.0 Å². The molecule has 0 aliphatic carbocycles. The predicted molar refractivity (Wildman–Crippen MR) is 76.6 cm³/mol. The van der Waals surface area contributed by atoms with E-state index in [1.165, 1.54) is 24.7 Å². The van der Waals surface area contributed by atoms with Crippen molar-refractivity contribution in [1.29, 1.82) is 0 Å². The lowest BCUT2D eigenvalue weighted by molar-refractivity contribution is -0.122. The zero-order valence-electron chi connectivity index (χ0n) is 11.9. The maximum Gasteiger partial charge on any atom is 0.321 e. The lowest BCUT2D eigenvalue weighted by atomic mass is 10.2. The van der Waals surface area contributed by atoms with Crippen LogP contribution in [0.15, 0.2) is 11.2 Å². The highest BCUT2D eigenvalue weighted by Gasteiger charge is 2.24. The van der Waals surface area contributed by atoms with Gasteiger partial charge in [0.1, 0.15) is 11.9 Å². The Morgan fingerprint density at radius 2 is 2.10 bits per heavy atom. The number of aromatic nitrogens is 2. The lowest BCUT2D eigenvalue weighted by Crippen LogP contribution is -2.41. The minimum absolute atomic E-state index is 0.313. The number of urea groups is 1. The molecule has 3 amide bonds. The van der Waals surface area contributed by atoms with Gasteiger partial charge in [0.2, 0.25) is 0 Å². The number of halogens is 1. The predicted octanol–water partition coefficient (Wildman–Crippen LogP) is 0.780. The van der Waals surface area contributed by atoms with Crippen LogP contribution in [0.3, 0.4) is 0 Å². The van der Waals surface area contributed by atoms with Gasteiger partial charge >= 0.3 is 6.03 Å². The van der Waals surface area contributed by atoms with Crippen molar-refractivity contribution in [2.45, 2.75) is 37.8 Å². The van der Waals surface area contributed by atoms with Crippen LogP contribution in [0.25, 0.3) is 0 Å². The van der Waals surface area contributed by atoms with Crippen molar-refractivity contribution < 1.29 is 18.0 Å². The molecule has 1 aromatic rings. The second-order valence-corrected chi connectivity index (χ2v) is 6.85. The molecule has 8 nitrogen and oxygen atoms in total. The Labute approximate surface area is 127 Å². The van der Waals surface area contributed by atoms with Gasteiger partial charge in [0.15, 0.2) is 5.03 Å². The molecular formula is C11H17ClN4O4S. The summed E-state index contributed by atoms with van der Waals surface area (Å²) in [6.07, 6.45) is 2.38. The number of nitrogens with zero attached hydrogens (tertiary/aromatic N) is 2. The quantitative estimate of drug-likeness (QED) is 0.772. The topological polar surface area (TPSA) is 110 Å². The molecule has 0 aliphatic rings. The first-order valence-corrected chi connectivity index (χ1v) is 8.56. The Morgan fingerprint density at radius 1 is 1.48 bits per heavy atom. The molecule has 118 valence electrons. The zero-order chi connectivity index (χ0) is 16.2. The summed E-state index contributed by atoms with van der Waals surface area (Å²) >= 11 is 0. The van der Waals surface area contributed by atoms with Crippen LogP contribution < -0.4 is 10.6 Å². The molecule has 2 N–H and O–H groups in total. The van der Waals surface area contributed by atoms with E-state index in [1.54, 1.807) is 0 Å². The second-order valence-electron chi connectivity index (χ2n) is 4.33. The van der Waals surface area contributed by atoms with E-state index in [9.17, 15) is 18.0 Å². The van der Waals surface area contributed by atoms with E-state index in [4.69, 9.17) is 10.7 Å². The maximum absolute atomic E-state index is 11.9. The van der Waals surface area contributed by atoms with E-state index in [1.807, 2.05) is 6.92 Å². The smallest absolute Gasteiger partial charge is 0.321 e. The van der Waals surface area contributed by atoms with Gasteiger partial charge in [-0.1, -0.05) is 6.92 Å². The summed E-state index contributed by atoms with van der Waals surface area (Å²) in [5, 5.41) is 4.07. The van der Waals surface area contributed by atoms with Crippen molar-refractivity contribution in [2.24, 2.45) is 0 Å². The monoisotopic (exact) mass is 336 g/mol. The number of amides is 3. The van der Waals surface area contributed by atoms with E-state index < -0.39 is 27.0 Å². The van der Waals surface area contributed by atoms with Crippen molar-refractivity contribution in [1.82, 2.24) is 20.2 Å². The normalized spacial score (nSPS) is 12.8. The molecule has 1 heterocycles. The van der Waals surface area contributed by atoms with E-state index in [-0.39, 0.29) is 5.03 Å². The number of carbonyl (C=O) groups is 2. The minimum Gasteiger partial charge on any atom is -0.341 e. The SMILES string of the molecule is CCCc1nc(S(=O)(=O)Cl)cn1C(C)C(=O)NC(=O)NC. The minimum atomic E-state index is -3.98. The van der Waals surface area contributed by atoms with Gasteiger partial charge in [-0.2, -0.15) is 0 Å². The fourth-order valence-electron chi connectivity index (χ4n) is 1.67. The van der Waals surface area contributed by atoms with E-state index in [2.05, 4.69) is 15.6 Å². The Balaban J connectivity index is 3.12. The third-order valence-electron chi connectivity index (χ3n) is 2.77. The van der Waals surface area contributed by atoms with Crippen LogP contribution in [-0.4, -0.2) is 37.0 Å². The average Bonchev–Trinajstić information content (AvgIpc) is 2.82. The van der Waals surface area contributed by atoms with Gasteiger partial charge in [-0.05, 0) is 13.3 Å². The van der Waals surface area contributed by atoms with Crippen LogP contribution >= 0.6 is 10.7 Å². The highest BCUT2D eigenvalue weighted by Crippen LogP contribution is 2.19. The van der Waals surface area contributed by atoms with Crippen LogP contribution in [0.2, 0.25) is 0 Å². The van der Waals surface area contributed by atoms with Crippen LogP contribution in [-0.2, 0) is 20.3 Å². The van der Waals surface area contributed by atoms with Gasteiger partial charge in [-0.25, -0.2) is 18.2 Å². The molecular weight excluding hydrogens is 320 g/mol. The molecule has 0 aliphatic heterocycles. The summed E-state index contributed by atoms with van der Waals surface area (Å²) in [6, 6.07) is -1.45.